The Morgan fingerprint density at radius 2 is 1.81 bits per heavy atom. The zero-order valence-electron chi connectivity index (χ0n) is 17.5. The number of nitrogens with zero attached hydrogens (tertiary/aromatic N) is 1. The molecule has 0 aliphatic carbocycles. The van der Waals surface area contributed by atoms with Crippen LogP contribution in [0.1, 0.15) is 26.7 Å². The fraction of sp³-hybridized carbons (Fsp3) is 0.348. The molecule has 3 rings (SSSR count). The molecule has 0 spiro atoms. The van der Waals surface area contributed by atoms with Gasteiger partial charge in [-0.3, -0.25) is 9.59 Å². The molecule has 8 heteroatoms. The van der Waals surface area contributed by atoms with Gasteiger partial charge in [0.1, 0.15) is 12.1 Å². The topological polar surface area (TPSA) is 98.7 Å². The van der Waals surface area contributed by atoms with E-state index in [1.165, 1.54) is 4.90 Å². The molecule has 1 aliphatic rings. The Morgan fingerprint density at radius 3 is 2.45 bits per heavy atom. The third-order valence-corrected chi connectivity index (χ3v) is 5.61. The van der Waals surface area contributed by atoms with Crippen molar-refractivity contribution in [3.05, 3.63) is 53.6 Å². The minimum atomic E-state index is -1.26. The number of benzene rings is 2. The molecule has 164 valence electrons. The summed E-state index contributed by atoms with van der Waals surface area (Å²) in [7, 11) is 0. The van der Waals surface area contributed by atoms with Crippen LogP contribution in [-0.4, -0.2) is 46.5 Å². The lowest BCUT2D eigenvalue weighted by molar-refractivity contribution is -0.139. The van der Waals surface area contributed by atoms with Crippen molar-refractivity contribution in [3.63, 3.8) is 0 Å². The van der Waals surface area contributed by atoms with Gasteiger partial charge in [-0.2, -0.15) is 0 Å². The molecule has 1 aliphatic heterocycles. The van der Waals surface area contributed by atoms with Crippen LogP contribution in [0.25, 0.3) is 11.1 Å². The van der Waals surface area contributed by atoms with E-state index in [2.05, 4.69) is 10.6 Å². The highest BCUT2D eigenvalue weighted by Gasteiger charge is 2.38. The normalized spacial score (nSPS) is 16.8. The Labute approximate surface area is 186 Å². The number of carbonyl (C=O) groups excluding carboxylic acids is 2. The largest absolute Gasteiger partial charge is 0.465 e. The van der Waals surface area contributed by atoms with E-state index in [4.69, 9.17) is 16.7 Å². The molecule has 0 bridgehead atoms. The first-order chi connectivity index (χ1) is 14.8. The Hall–Kier alpha value is -3.06. The van der Waals surface area contributed by atoms with E-state index in [0.717, 1.165) is 11.1 Å². The molecular formula is C23H26ClN3O4. The summed E-state index contributed by atoms with van der Waals surface area (Å²) in [6, 6.07) is 13.3. The number of likely N-dealkylation sites (tertiary alicyclic amines) is 1. The highest BCUT2D eigenvalue weighted by atomic mass is 35.5. The Balaban J connectivity index is 1.73. The summed E-state index contributed by atoms with van der Waals surface area (Å²) in [6.45, 7) is 3.96. The van der Waals surface area contributed by atoms with Crippen LogP contribution in [0.4, 0.5) is 10.5 Å². The lowest BCUT2D eigenvalue weighted by Gasteiger charge is -2.29. The van der Waals surface area contributed by atoms with Gasteiger partial charge in [-0.05, 0) is 54.2 Å². The smallest absolute Gasteiger partial charge is 0.405 e. The minimum absolute atomic E-state index is 0.232. The zero-order chi connectivity index (χ0) is 22.5. The van der Waals surface area contributed by atoms with Crippen molar-refractivity contribution in [3.8, 4) is 11.1 Å². The minimum Gasteiger partial charge on any atom is -0.465 e. The summed E-state index contributed by atoms with van der Waals surface area (Å²) in [5, 5.41) is 14.9. The van der Waals surface area contributed by atoms with Gasteiger partial charge in [0, 0.05) is 17.3 Å². The number of amides is 3. The lowest BCUT2D eigenvalue weighted by Crippen LogP contribution is -2.54. The van der Waals surface area contributed by atoms with E-state index in [-0.39, 0.29) is 17.7 Å². The van der Waals surface area contributed by atoms with Gasteiger partial charge in [-0.25, -0.2) is 4.79 Å². The van der Waals surface area contributed by atoms with Crippen LogP contribution >= 0.6 is 11.6 Å². The molecule has 31 heavy (non-hydrogen) atoms. The quantitative estimate of drug-likeness (QED) is 0.622. The van der Waals surface area contributed by atoms with E-state index in [0.29, 0.717) is 30.1 Å². The van der Waals surface area contributed by atoms with Gasteiger partial charge in [0.15, 0.2) is 0 Å². The van der Waals surface area contributed by atoms with Gasteiger partial charge in [-0.1, -0.05) is 49.7 Å². The monoisotopic (exact) mass is 443 g/mol. The average Bonchev–Trinajstić information content (AvgIpc) is 3.22. The molecule has 0 radical (unpaired) electrons. The van der Waals surface area contributed by atoms with Crippen LogP contribution in [0.15, 0.2) is 48.5 Å². The van der Waals surface area contributed by atoms with Crippen LogP contribution < -0.4 is 10.6 Å². The molecule has 1 saturated heterocycles. The van der Waals surface area contributed by atoms with Gasteiger partial charge in [-0.15, -0.1) is 0 Å². The Kier molecular flexibility index (Phi) is 7.17. The third kappa shape index (κ3) is 5.55. The lowest BCUT2D eigenvalue weighted by atomic mass is 10.0. The fourth-order valence-electron chi connectivity index (χ4n) is 3.77. The third-order valence-electron chi connectivity index (χ3n) is 5.36. The maximum atomic E-state index is 13.0. The number of nitrogens with one attached hydrogen (secondary N) is 2. The summed E-state index contributed by atoms with van der Waals surface area (Å²) < 4.78 is 0. The summed E-state index contributed by atoms with van der Waals surface area (Å²) in [6.07, 6.45) is -0.0370. The van der Waals surface area contributed by atoms with Crippen LogP contribution in [0.3, 0.4) is 0 Å². The summed E-state index contributed by atoms with van der Waals surface area (Å²) in [5.74, 6) is -0.883. The molecule has 2 aromatic carbocycles. The summed E-state index contributed by atoms with van der Waals surface area (Å²) in [4.78, 5) is 38.5. The van der Waals surface area contributed by atoms with E-state index < -0.39 is 18.2 Å². The first-order valence-electron chi connectivity index (χ1n) is 10.2. The highest BCUT2D eigenvalue weighted by molar-refractivity contribution is 6.30. The van der Waals surface area contributed by atoms with Crippen molar-refractivity contribution < 1.29 is 19.5 Å². The van der Waals surface area contributed by atoms with Crippen LogP contribution in [0, 0.1) is 5.92 Å². The van der Waals surface area contributed by atoms with Gasteiger partial charge in [0.05, 0.1) is 0 Å². The molecule has 1 fully saturated rings. The second-order valence-electron chi connectivity index (χ2n) is 7.94. The molecular weight excluding hydrogens is 418 g/mol. The van der Waals surface area contributed by atoms with Gasteiger partial charge < -0.3 is 20.6 Å². The zero-order valence-corrected chi connectivity index (χ0v) is 18.2. The molecule has 0 aromatic heterocycles. The average molecular weight is 444 g/mol. The molecule has 2 unspecified atom stereocenters. The van der Waals surface area contributed by atoms with Crippen molar-refractivity contribution in [1.82, 2.24) is 10.2 Å². The number of hydrogen-bond donors (Lipinski definition) is 3. The molecule has 2 atom stereocenters. The second-order valence-corrected chi connectivity index (χ2v) is 8.37. The number of anilines is 1. The molecule has 1 heterocycles. The highest BCUT2D eigenvalue weighted by Crippen LogP contribution is 2.26. The van der Waals surface area contributed by atoms with Crippen molar-refractivity contribution in [2.24, 2.45) is 5.92 Å². The standard InChI is InChI=1S/C23H26ClN3O4/c1-14(2)20(26-23(30)31)22(29)27-12-4-7-19(27)21(28)25-18-6-3-5-16(13-18)15-8-10-17(24)11-9-15/h3,5-6,8-11,13-14,19-20,26H,4,7,12H2,1-2H3,(H,25,28)(H,30,31). The summed E-state index contributed by atoms with van der Waals surface area (Å²) >= 11 is 5.95. The van der Waals surface area contributed by atoms with E-state index in [9.17, 15) is 14.4 Å². The van der Waals surface area contributed by atoms with Crippen LogP contribution in [-0.2, 0) is 9.59 Å². The van der Waals surface area contributed by atoms with Crippen LogP contribution in [0.5, 0.6) is 0 Å². The number of halogens is 1. The number of carbonyl (C=O) groups is 3. The van der Waals surface area contributed by atoms with E-state index in [1.54, 1.807) is 32.0 Å². The van der Waals surface area contributed by atoms with Crippen molar-refractivity contribution in [1.29, 1.82) is 0 Å². The fourth-order valence-corrected chi connectivity index (χ4v) is 3.90. The maximum Gasteiger partial charge on any atom is 0.405 e. The Bertz CT molecular complexity index is 962. The molecule has 3 N–H and O–H groups in total. The first-order valence-corrected chi connectivity index (χ1v) is 10.6. The second kappa shape index (κ2) is 9.83. The first kappa shape index (κ1) is 22.6. The predicted molar refractivity (Wildman–Crippen MR) is 120 cm³/mol. The van der Waals surface area contributed by atoms with Gasteiger partial charge >= 0.3 is 6.09 Å². The van der Waals surface area contributed by atoms with Crippen molar-refractivity contribution in [2.45, 2.75) is 38.8 Å². The molecule has 0 saturated carbocycles. The van der Waals surface area contributed by atoms with Crippen molar-refractivity contribution in [2.75, 3.05) is 11.9 Å². The number of rotatable bonds is 6. The number of carboxylic acid groups (broad SMARTS) is 1. The summed E-state index contributed by atoms with van der Waals surface area (Å²) in [5.41, 5.74) is 2.53. The molecule has 7 nitrogen and oxygen atoms in total. The Morgan fingerprint density at radius 1 is 1.10 bits per heavy atom. The number of hydrogen-bond acceptors (Lipinski definition) is 3. The van der Waals surface area contributed by atoms with E-state index >= 15 is 0 Å². The predicted octanol–water partition coefficient (Wildman–Crippen LogP) is 4.23. The maximum absolute atomic E-state index is 13.0. The van der Waals surface area contributed by atoms with E-state index in [1.807, 2.05) is 30.3 Å². The van der Waals surface area contributed by atoms with Gasteiger partial charge in [0.25, 0.3) is 0 Å². The SMILES string of the molecule is CC(C)C(NC(=O)O)C(=O)N1CCCC1C(=O)Nc1cccc(-c2ccc(Cl)cc2)c1. The van der Waals surface area contributed by atoms with Gasteiger partial charge in [0.2, 0.25) is 11.8 Å². The molecule has 2 aromatic rings. The molecule has 3 amide bonds. The van der Waals surface area contributed by atoms with Crippen molar-refractivity contribution >= 4 is 35.2 Å². The van der Waals surface area contributed by atoms with Crippen LogP contribution in [0.2, 0.25) is 5.02 Å².